The smallest absolute Gasteiger partial charge is 0.174 e. The van der Waals surface area contributed by atoms with Crippen LogP contribution in [0.5, 0.6) is 0 Å². The minimum Gasteiger partial charge on any atom is -0.388 e. The number of H-pyrrole nitrogens is 1. The normalized spacial score (nSPS) is 19.7. The van der Waals surface area contributed by atoms with Gasteiger partial charge in [-0.25, -0.2) is 0 Å². The van der Waals surface area contributed by atoms with Gasteiger partial charge in [-0.1, -0.05) is 55.7 Å². The van der Waals surface area contributed by atoms with Crippen LogP contribution >= 0.6 is 11.3 Å². The predicted molar refractivity (Wildman–Crippen MR) is 121 cm³/mol. The van der Waals surface area contributed by atoms with Crippen molar-refractivity contribution in [3.05, 3.63) is 63.1 Å². The van der Waals surface area contributed by atoms with Gasteiger partial charge in [-0.05, 0) is 42.5 Å². The van der Waals surface area contributed by atoms with Crippen LogP contribution in [0.25, 0.3) is 0 Å². The van der Waals surface area contributed by atoms with Crippen molar-refractivity contribution < 1.29 is 9.90 Å². The standard InChI is InChI=1S/C24H30N4O2S/c1-2-3-4-5-19(29)22-14-13-21(31-22)18-11-12-20(30)24(18)17-9-6-16(7-10-17)8-15-23-25-27-28-26-23/h6-7,9-10,13-14,18-19,24,29H,2-5,8,11-12,15H2,1H3,(H,25,26,27,28). The molecule has 3 unspecified atom stereocenters. The number of carbonyl (C=O) groups excluding carboxylic acids is 1. The van der Waals surface area contributed by atoms with E-state index in [1.54, 1.807) is 11.3 Å². The number of hydrogen-bond acceptors (Lipinski definition) is 6. The van der Waals surface area contributed by atoms with Crippen molar-refractivity contribution in [2.75, 3.05) is 0 Å². The SMILES string of the molecule is CCCCCC(O)c1ccc(C2CCC(=O)C2c2ccc(CCc3nn[nH]n3)cc2)s1. The third-order valence-electron chi connectivity index (χ3n) is 6.24. The number of Topliss-reactive ketones (excluding diaryl/α,β-unsaturated/α-hetero) is 1. The number of carbonyl (C=O) groups is 1. The van der Waals surface area contributed by atoms with Gasteiger partial charge in [-0.2, -0.15) is 5.21 Å². The Morgan fingerprint density at radius 3 is 2.74 bits per heavy atom. The fourth-order valence-electron chi connectivity index (χ4n) is 4.48. The van der Waals surface area contributed by atoms with Gasteiger partial charge in [-0.15, -0.1) is 21.5 Å². The summed E-state index contributed by atoms with van der Waals surface area (Å²) in [6.45, 7) is 2.17. The van der Waals surface area contributed by atoms with Gasteiger partial charge >= 0.3 is 0 Å². The fourth-order valence-corrected chi connectivity index (χ4v) is 5.69. The summed E-state index contributed by atoms with van der Waals surface area (Å²) in [4.78, 5) is 15.0. The zero-order valence-electron chi connectivity index (χ0n) is 18.0. The molecule has 6 nitrogen and oxygen atoms in total. The molecule has 31 heavy (non-hydrogen) atoms. The Balaban J connectivity index is 1.43. The summed E-state index contributed by atoms with van der Waals surface area (Å²) in [6, 6.07) is 12.6. The summed E-state index contributed by atoms with van der Waals surface area (Å²) in [6.07, 6.45) is 6.87. The number of tetrazole rings is 1. The van der Waals surface area contributed by atoms with E-state index in [4.69, 9.17) is 0 Å². The first-order valence-corrected chi connectivity index (χ1v) is 12.1. The highest BCUT2D eigenvalue weighted by atomic mass is 32.1. The molecule has 0 bridgehead atoms. The molecule has 2 heterocycles. The van der Waals surface area contributed by atoms with Crippen molar-refractivity contribution in [2.24, 2.45) is 0 Å². The number of aromatic amines is 1. The van der Waals surface area contributed by atoms with Crippen molar-refractivity contribution in [1.82, 2.24) is 20.6 Å². The highest BCUT2D eigenvalue weighted by Gasteiger charge is 2.37. The Morgan fingerprint density at radius 1 is 1.16 bits per heavy atom. The van der Waals surface area contributed by atoms with Crippen LogP contribution in [0.1, 0.15) is 90.1 Å². The maximum absolute atomic E-state index is 12.8. The van der Waals surface area contributed by atoms with Crippen LogP contribution in [0, 0.1) is 0 Å². The average molecular weight is 439 g/mol. The van der Waals surface area contributed by atoms with E-state index in [2.05, 4.69) is 63.9 Å². The highest BCUT2D eigenvalue weighted by Crippen LogP contribution is 2.46. The van der Waals surface area contributed by atoms with Gasteiger partial charge in [0.05, 0.1) is 12.0 Å². The number of nitrogens with zero attached hydrogens (tertiary/aromatic N) is 3. The summed E-state index contributed by atoms with van der Waals surface area (Å²) in [5.74, 6) is 1.15. The maximum Gasteiger partial charge on any atom is 0.174 e. The van der Waals surface area contributed by atoms with E-state index in [9.17, 15) is 9.90 Å². The average Bonchev–Trinajstić information content (AvgIpc) is 3.54. The van der Waals surface area contributed by atoms with E-state index in [1.165, 1.54) is 10.4 Å². The molecule has 1 fully saturated rings. The number of hydrogen-bond donors (Lipinski definition) is 2. The molecular formula is C24H30N4O2S. The lowest BCUT2D eigenvalue weighted by atomic mass is 9.86. The van der Waals surface area contributed by atoms with Crippen molar-refractivity contribution in [3.8, 4) is 0 Å². The molecule has 164 valence electrons. The van der Waals surface area contributed by atoms with Gasteiger partial charge in [0.2, 0.25) is 0 Å². The molecule has 3 atom stereocenters. The van der Waals surface area contributed by atoms with Crippen LogP contribution in [-0.2, 0) is 17.6 Å². The fraction of sp³-hybridized carbons (Fsp3) is 0.500. The van der Waals surface area contributed by atoms with Crippen LogP contribution in [0.2, 0.25) is 0 Å². The van der Waals surface area contributed by atoms with Gasteiger partial charge in [-0.3, -0.25) is 4.79 Å². The number of aliphatic hydroxyl groups is 1. The Morgan fingerprint density at radius 2 is 2.00 bits per heavy atom. The Hall–Kier alpha value is -2.38. The quantitative estimate of drug-likeness (QED) is 0.440. The molecule has 0 amide bonds. The molecule has 0 spiro atoms. The number of thiophene rings is 1. The Labute approximate surface area is 187 Å². The number of aryl methyl sites for hydroxylation is 2. The van der Waals surface area contributed by atoms with Crippen LogP contribution in [0.15, 0.2) is 36.4 Å². The molecule has 0 saturated heterocycles. The van der Waals surface area contributed by atoms with E-state index in [0.717, 1.165) is 55.4 Å². The minimum absolute atomic E-state index is 0.0880. The first-order valence-electron chi connectivity index (χ1n) is 11.3. The van der Waals surface area contributed by atoms with Gasteiger partial charge < -0.3 is 5.11 Å². The molecule has 1 saturated carbocycles. The molecule has 0 aliphatic heterocycles. The first-order chi connectivity index (χ1) is 15.2. The summed E-state index contributed by atoms with van der Waals surface area (Å²) < 4.78 is 0. The lowest BCUT2D eigenvalue weighted by Crippen LogP contribution is -2.11. The summed E-state index contributed by atoms with van der Waals surface area (Å²) in [5.41, 5.74) is 2.29. The molecule has 7 heteroatoms. The van der Waals surface area contributed by atoms with E-state index in [0.29, 0.717) is 18.0 Å². The van der Waals surface area contributed by atoms with Crippen molar-refractivity contribution in [2.45, 2.75) is 76.2 Å². The third-order valence-corrected chi connectivity index (χ3v) is 7.56. The van der Waals surface area contributed by atoms with E-state index in [-0.39, 0.29) is 17.9 Å². The number of benzene rings is 1. The largest absolute Gasteiger partial charge is 0.388 e. The number of ketones is 1. The molecule has 3 aromatic rings. The topological polar surface area (TPSA) is 91.8 Å². The lowest BCUT2D eigenvalue weighted by Gasteiger charge is -2.18. The minimum atomic E-state index is -0.389. The van der Waals surface area contributed by atoms with E-state index in [1.807, 2.05) is 0 Å². The molecular weight excluding hydrogens is 408 g/mol. The number of aliphatic hydroxyl groups excluding tert-OH is 1. The second kappa shape index (κ2) is 10.3. The monoisotopic (exact) mass is 438 g/mol. The van der Waals surface area contributed by atoms with Gasteiger partial charge in [0.25, 0.3) is 0 Å². The van der Waals surface area contributed by atoms with Crippen molar-refractivity contribution >= 4 is 17.1 Å². The zero-order valence-corrected chi connectivity index (χ0v) is 18.8. The second-order valence-electron chi connectivity index (χ2n) is 8.41. The third kappa shape index (κ3) is 5.28. The van der Waals surface area contributed by atoms with Crippen LogP contribution in [-0.4, -0.2) is 31.5 Å². The van der Waals surface area contributed by atoms with E-state index >= 15 is 0 Å². The zero-order chi connectivity index (χ0) is 21.6. The predicted octanol–water partition coefficient (Wildman–Crippen LogP) is 4.89. The summed E-state index contributed by atoms with van der Waals surface area (Å²) >= 11 is 1.68. The molecule has 4 rings (SSSR count). The number of nitrogens with one attached hydrogen (secondary N) is 1. The molecule has 2 aromatic heterocycles. The molecule has 1 aromatic carbocycles. The van der Waals surface area contributed by atoms with Crippen LogP contribution < -0.4 is 0 Å². The molecule has 1 aliphatic rings. The summed E-state index contributed by atoms with van der Waals surface area (Å²) in [7, 11) is 0. The maximum atomic E-state index is 12.8. The Bertz CT molecular complexity index is 968. The molecule has 1 aliphatic carbocycles. The van der Waals surface area contributed by atoms with Crippen molar-refractivity contribution in [1.29, 1.82) is 0 Å². The van der Waals surface area contributed by atoms with E-state index < -0.39 is 0 Å². The number of rotatable bonds is 10. The van der Waals surface area contributed by atoms with Crippen molar-refractivity contribution in [3.63, 3.8) is 0 Å². The number of unbranched alkanes of at least 4 members (excludes halogenated alkanes) is 2. The molecule has 0 radical (unpaired) electrons. The highest BCUT2D eigenvalue weighted by molar-refractivity contribution is 7.12. The first kappa shape index (κ1) is 21.8. The summed E-state index contributed by atoms with van der Waals surface area (Å²) in [5, 5.41) is 24.6. The molecule has 2 N–H and O–H groups in total. The van der Waals surface area contributed by atoms with Crippen LogP contribution in [0.3, 0.4) is 0 Å². The second-order valence-corrected chi connectivity index (χ2v) is 9.56. The number of aromatic nitrogens is 4. The van der Waals surface area contributed by atoms with Gasteiger partial charge in [0, 0.05) is 28.5 Å². The van der Waals surface area contributed by atoms with Gasteiger partial charge in [0.15, 0.2) is 5.82 Å². The van der Waals surface area contributed by atoms with Crippen LogP contribution in [0.4, 0.5) is 0 Å². The van der Waals surface area contributed by atoms with Gasteiger partial charge in [0.1, 0.15) is 5.78 Å². The lowest BCUT2D eigenvalue weighted by molar-refractivity contribution is -0.118. The Kier molecular flexibility index (Phi) is 7.25.